The van der Waals surface area contributed by atoms with E-state index in [0.29, 0.717) is 46.5 Å². The summed E-state index contributed by atoms with van der Waals surface area (Å²) < 4.78 is 28.7. The Kier molecular flexibility index (Phi) is 9.91. The van der Waals surface area contributed by atoms with Crippen LogP contribution in [0.2, 0.25) is 10.0 Å². The molecular formula is C24H31Cl2N5O2S. The lowest BCUT2D eigenvalue weighted by Gasteiger charge is -2.19. The summed E-state index contributed by atoms with van der Waals surface area (Å²) >= 11 is 12.5. The van der Waals surface area contributed by atoms with E-state index in [4.69, 9.17) is 23.2 Å². The van der Waals surface area contributed by atoms with Gasteiger partial charge in [-0.05, 0) is 56.6 Å². The predicted octanol–water partition coefficient (Wildman–Crippen LogP) is 5.10. The lowest BCUT2D eigenvalue weighted by atomic mass is 10.1. The molecular weight excluding hydrogens is 493 g/mol. The molecule has 1 aromatic heterocycles. The number of aromatic nitrogens is 3. The van der Waals surface area contributed by atoms with Crippen LogP contribution in [-0.4, -0.2) is 53.9 Å². The molecule has 3 rings (SSSR count). The van der Waals surface area contributed by atoms with Gasteiger partial charge in [-0.1, -0.05) is 73.4 Å². The first-order valence-electron chi connectivity index (χ1n) is 11.5. The summed E-state index contributed by atoms with van der Waals surface area (Å²) in [5.74, 6) is 0.856. The van der Waals surface area contributed by atoms with Crippen molar-refractivity contribution < 1.29 is 8.42 Å². The minimum Gasteiger partial charge on any atom is -0.304 e. The van der Waals surface area contributed by atoms with Gasteiger partial charge in [0, 0.05) is 5.56 Å². The smallest absolute Gasteiger partial charge is 0.212 e. The molecule has 34 heavy (non-hydrogen) atoms. The maximum Gasteiger partial charge on any atom is 0.212 e. The highest BCUT2D eigenvalue weighted by molar-refractivity contribution is 7.89. The Morgan fingerprint density at radius 1 is 1.06 bits per heavy atom. The molecule has 7 nitrogen and oxygen atoms in total. The van der Waals surface area contributed by atoms with E-state index >= 15 is 0 Å². The molecule has 0 fully saturated rings. The van der Waals surface area contributed by atoms with Crippen LogP contribution in [0.3, 0.4) is 0 Å². The van der Waals surface area contributed by atoms with Gasteiger partial charge >= 0.3 is 0 Å². The fourth-order valence-electron chi connectivity index (χ4n) is 3.73. The summed E-state index contributed by atoms with van der Waals surface area (Å²) in [5.41, 5.74) is 1.70. The summed E-state index contributed by atoms with van der Waals surface area (Å²) in [6.45, 7) is 6.68. The van der Waals surface area contributed by atoms with E-state index in [1.165, 1.54) is 0 Å². The van der Waals surface area contributed by atoms with Gasteiger partial charge in [-0.15, -0.1) is 0 Å². The molecule has 0 aliphatic carbocycles. The van der Waals surface area contributed by atoms with Crippen LogP contribution in [0.25, 0.3) is 11.4 Å². The molecule has 0 aliphatic rings. The van der Waals surface area contributed by atoms with Crippen molar-refractivity contribution in [1.29, 1.82) is 0 Å². The Morgan fingerprint density at radius 2 is 1.79 bits per heavy atom. The molecule has 0 saturated carbocycles. The maximum absolute atomic E-state index is 12.9. The monoisotopic (exact) mass is 523 g/mol. The summed E-state index contributed by atoms with van der Waals surface area (Å²) in [4.78, 5) is 6.78. The molecule has 184 valence electrons. The second-order valence-corrected chi connectivity index (χ2v) is 10.7. The molecule has 10 heteroatoms. The first-order chi connectivity index (χ1) is 16.3. The van der Waals surface area contributed by atoms with E-state index in [-0.39, 0.29) is 5.75 Å². The minimum absolute atomic E-state index is 0.0481. The number of hydrogen-bond acceptors (Lipinski definition) is 5. The standard InChI is InChI=1S/C24H31Cl2N5O2S/c1-3-31(4-2)16-9-17-34(32,33)30-21(15-14-18-10-6-5-7-11-18)24-27-23(28-29-24)19-12-8-13-20(25)22(19)26/h5-8,10-13,21,30H,3-4,9,14-17H2,1-2H3,(H,27,28,29). The number of sulfonamides is 1. The van der Waals surface area contributed by atoms with Crippen molar-refractivity contribution in [3.05, 3.63) is 70.0 Å². The second kappa shape index (κ2) is 12.7. The Bertz CT molecular complexity index is 1150. The molecule has 2 aromatic carbocycles. The summed E-state index contributed by atoms with van der Waals surface area (Å²) in [6.07, 6.45) is 1.76. The Morgan fingerprint density at radius 3 is 2.50 bits per heavy atom. The second-order valence-electron chi connectivity index (χ2n) is 8.04. The van der Waals surface area contributed by atoms with Gasteiger partial charge in [-0.3, -0.25) is 5.10 Å². The minimum atomic E-state index is -3.53. The molecule has 3 aromatic rings. The maximum atomic E-state index is 12.9. The quantitative estimate of drug-likeness (QED) is 0.325. The van der Waals surface area contributed by atoms with Crippen LogP contribution < -0.4 is 4.72 Å². The van der Waals surface area contributed by atoms with Crippen LogP contribution >= 0.6 is 23.2 Å². The molecule has 0 amide bonds. The van der Waals surface area contributed by atoms with Crippen LogP contribution in [0.1, 0.15) is 44.1 Å². The average molecular weight is 525 g/mol. The number of halogens is 2. The molecule has 0 aliphatic heterocycles. The molecule has 1 heterocycles. The van der Waals surface area contributed by atoms with Crippen LogP contribution in [0.4, 0.5) is 0 Å². The third-order valence-electron chi connectivity index (χ3n) is 5.69. The topological polar surface area (TPSA) is 91.0 Å². The molecule has 0 bridgehead atoms. The average Bonchev–Trinajstić information content (AvgIpc) is 3.32. The Hall–Kier alpha value is -1.97. The SMILES string of the molecule is CCN(CC)CCCS(=O)(=O)NC(CCc1ccccc1)c1nc(-c2cccc(Cl)c2Cl)n[nH]1. The third-order valence-corrected chi connectivity index (χ3v) is 7.98. The molecule has 0 spiro atoms. The van der Waals surface area contributed by atoms with Gasteiger partial charge in [0.05, 0.1) is 21.8 Å². The summed E-state index contributed by atoms with van der Waals surface area (Å²) in [6, 6.07) is 14.6. The van der Waals surface area contributed by atoms with Crippen molar-refractivity contribution in [3.63, 3.8) is 0 Å². The van der Waals surface area contributed by atoms with Crippen molar-refractivity contribution >= 4 is 33.2 Å². The fraction of sp³-hybridized carbons (Fsp3) is 0.417. The molecule has 0 radical (unpaired) electrons. The van der Waals surface area contributed by atoms with Gasteiger partial charge in [0.2, 0.25) is 10.0 Å². The van der Waals surface area contributed by atoms with E-state index < -0.39 is 16.1 Å². The van der Waals surface area contributed by atoms with Gasteiger partial charge in [0.1, 0.15) is 5.82 Å². The highest BCUT2D eigenvalue weighted by atomic mass is 35.5. The van der Waals surface area contributed by atoms with E-state index in [9.17, 15) is 8.42 Å². The summed E-state index contributed by atoms with van der Waals surface area (Å²) in [7, 11) is -3.53. The number of benzene rings is 2. The Balaban J connectivity index is 1.78. The molecule has 0 saturated heterocycles. The highest BCUT2D eigenvalue weighted by Crippen LogP contribution is 2.32. The van der Waals surface area contributed by atoms with Crippen LogP contribution in [-0.2, 0) is 16.4 Å². The van der Waals surface area contributed by atoms with Crippen molar-refractivity contribution in [2.75, 3.05) is 25.4 Å². The third kappa shape index (κ3) is 7.52. The molecule has 2 N–H and O–H groups in total. The number of aromatic amines is 1. The van der Waals surface area contributed by atoms with Gasteiger partial charge in [0.25, 0.3) is 0 Å². The van der Waals surface area contributed by atoms with Gasteiger partial charge < -0.3 is 4.90 Å². The van der Waals surface area contributed by atoms with Crippen LogP contribution in [0.5, 0.6) is 0 Å². The van der Waals surface area contributed by atoms with Crippen LogP contribution in [0.15, 0.2) is 48.5 Å². The first-order valence-corrected chi connectivity index (χ1v) is 13.9. The van der Waals surface area contributed by atoms with E-state index in [1.807, 2.05) is 30.3 Å². The van der Waals surface area contributed by atoms with E-state index in [2.05, 4.69) is 38.7 Å². The van der Waals surface area contributed by atoms with Crippen molar-refractivity contribution in [2.24, 2.45) is 0 Å². The van der Waals surface area contributed by atoms with Crippen molar-refractivity contribution in [2.45, 2.75) is 39.2 Å². The number of nitrogens with one attached hydrogen (secondary N) is 2. The zero-order chi connectivity index (χ0) is 24.6. The van der Waals surface area contributed by atoms with Gasteiger partial charge in [-0.25, -0.2) is 18.1 Å². The fourth-order valence-corrected chi connectivity index (χ4v) is 5.40. The largest absolute Gasteiger partial charge is 0.304 e. The normalized spacial score (nSPS) is 12.9. The van der Waals surface area contributed by atoms with Gasteiger partial charge in [-0.2, -0.15) is 5.10 Å². The highest BCUT2D eigenvalue weighted by Gasteiger charge is 2.24. The summed E-state index contributed by atoms with van der Waals surface area (Å²) in [5, 5.41) is 7.94. The zero-order valence-corrected chi connectivity index (χ0v) is 21.8. The predicted molar refractivity (Wildman–Crippen MR) is 139 cm³/mol. The van der Waals surface area contributed by atoms with E-state index in [0.717, 1.165) is 25.2 Å². The number of aryl methyl sites for hydroxylation is 1. The van der Waals surface area contributed by atoms with Crippen molar-refractivity contribution in [3.8, 4) is 11.4 Å². The lowest BCUT2D eigenvalue weighted by Crippen LogP contribution is -2.33. The first kappa shape index (κ1) is 26.6. The molecule has 1 atom stereocenters. The number of H-pyrrole nitrogens is 1. The number of hydrogen-bond donors (Lipinski definition) is 2. The lowest BCUT2D eigenvalue weighted by molar-refractivity contribution is 0.304. The zero-order valence-electron chi connectivity index (χ0n) is 19.5. The van der Waals surface area contributed by atoms with Gasteiger partial charge in [0.15, 0.2) is 5.82 Å². The number of rotatable bonds is 13. The van der Waals surface area contributed by atoms with E-state index in [1.54, 1.807) is 18.2 Å². The number of nitrogens with zero attached hydrogens (tertiary/aromatic N) is 3. The molecule has 1 unspecified atom stereocenters. The Labute approximate surface area is 211 Å². The van der Waals surface area contributed by atoms with Crippen LogP contribution in [0, 0.1) is 0 Å². The van der Waals surface area contributed by atoms with Crippen molar-refractivity contribution in [1.82, 2.24) is 24.8 Å².